The fourth-order valence-electron chi connectivity index (χ4n) is 3.39. The standard InChI is InChI=1S/C26H22N2O6/c1-15(2)33-26(32)19-6-4-17(5-7-19)23-13-12-21(34-23)14-22-16(3)27-28(24(22)29)20-10-8-18(9-11-20)25(30)31/h4-15H,1-3H3,(H,30,31)/b22-14-. The quantitative estimate of drug-likeness (QED) is 0.410. The third-order valence-electron chi connectivity index (χ3n) is 5.08. The number of aromatic carboxylic acids is 1. The molecule has 1 amide bonds. The summed E-state index contributed by atoms with van der Waals surface area (Å²) in [4.78, 5) is 36.0. The van der Waals surface area contributed by atoms with E-state index in [0.29, 0.717) is 34.1 Å². The highest BCUT2D eigenvalue weighted by molar-refractivity contribution is 6.32. The molecule has 1 N–H and O–H groups in total. The number of nitrogens with zero attached hydrogens (tertiary/aromatic N) is 2. The molecule has 0 bridgehead atoms. The van der Waals surface area contributed by atoms with E-state index < -0.39 is 5.97 Å². The molecule has 0 fully saturated rings. The molecule has 172 valence electrons. The summed E-state index contributed by atoms with van der Waals surface area (Å²) in [6.45, 7) is 5.30. The molecule has 2 heterocycles. The van der Waals surface area contributed by atoms with E-state index >= 15 is 0 Å². The van der Waals surface area contributed by atoms with E-state index in [1.165, 1.54) is 29.3 Å². The molecule has 0 spiro atoms. The molecule has 0 saturated heterocycles. The van der Waals surface area contributed by atoms with Crippen LogP contribution in [0.4, 0.5) is 5.69 Å². The van der Waals surface area contributed by atoms with E-state index in [-0.39, 0.29) is 23.5 Å². The number of rotatable bonds is 6. The Morgan fingerprint density at radius 2 is 1.65 bits per heavy atom. The van der Waals surface area contributed by atoms with E-state index in [4.69, 9.17) is 14.3 Å². The number of ether oxygens (including phenoxy) is 1. The first kappa shape index (κ1) is 22.7. The molecule has 34 heavy (non-hydrogen) atoms. The molecular weight excluding hydrogens is 436 g/mol. The first-order chi connectivity index (χ1) is 16.2. The highest BCUT2D eigenvalue weighted by Gasteiger charge is 2.29. The van der Waals surface area contributed by atoms with Gasteiger partial charge in [0.25, 0.3) is 5.91 Å². The molecule has 0 radical (unpaired) electrons. The highest BCUT2D eigenvalue weighted by atomic mass is 16.5. The molecule has 0 saturated carbocycles. The number of hydrogen-bond acceptors (Lipinski definition) is 6. The second kappa shape index (κ2) is 9.19. The van der Waals surface area contributed by atoms with E-state index in [1.807, 2.05) is 0 Å². The van der Waals surface area contributed by atoms with Crippen molar-refractivity contribution in [3.05, 3.63) is 83.1 Å². The van der Waals surface area contributed by atoms with Crippen molar-refractivity contribution in [2.75, 3.05) is 5.01 Å². The maximum absolute atomic E-state index is 12.9. The van der Waals surface area contributed by atoms with Gasteiger partial charge in [0.1, 0.15) is 11.5 Å². The van der Waals surface area contributed by atoms with Gasteiger partial charge in [0, 0.05) is 5.56 Å². The molecule has 4 rings (SSSR count). The average Bonchev–Trinajstić information content (AvgIpc) is 3.39. The zero-order valence-electron chi connectivity index (χ0n) is 18.8. The maximum atomic E-state index is 12.9. The Bertz CT molecular complexity index is 1310. The van der Waals surface area contributed by atoms with Gasteiger partial charge in [-0.3, -0.25) is 4.79 Å². The van der Waals surface area contributed by atoms with Gasteiger partial charge in [-0.15, -0.1) is 0 Å². The molecule has 8 nitrogen and oxygen atoms in total. The van der Waals surface area contributed by atoms with Crippen LogP contribution in [0.5, 0.6) is 0 Å². The van der Waals surface area contributed by atoms with Crippen LogP contribution in [0.1, 0.15) is 47.2 Å². The summed E-state index contributed by atoms with van der Waals surface area (Å²) in [5, 5.41) is 14.6. The third kappa shape index (κ3) is 4.66. The van der Waals surface area contributed by atoms with Crippen LogP contribution < -0.4 is 5.01 Å². The van der Waals surface area contributed by atoms with Crippen molar-refractivity contribution in [1.82, 2.24) is 0 Å². The van der Waals surface area contributed by atoms with Gasteiger partial charge >= 0.3 is 11.9 Å². The lowest BCUT2D eigenvalue weighted by atomic mass is 10.1. The van der Waals surface area contributed by atoms with Crippen LogP contribution in [-0.2, 0) is 9.53 Å². The zero-order chi connectivity index (χ0) is 24.4. The average molecular weight is 458 g/mol. The minimum atomic E-state index is -1.04. The second-order valence-electron chi connectivity index (χ2n) is 7.95. The zero-order valence-corrected chi connectivity index (χ0v) is 18.8. The number of amides is 1. The van der Waals surface area contributed by atoms with Crippen LogP contribution in [-0.4, -0.2) is 34.8 Å². The van der Waals surface area contributed by atoms with Gasteiger partial charge in [-0.2, -0.15) is 10.1 Å². The van der Waals surface area contributed by atoms with Crippen LogP contribution in [0.15, 0.2) is 75.8 Å². The topological polar surface area (TPSA) is 109 Å². The number of carboxylic acid groups (broad SMARTS) is 1. The van der Waals surface area contributed by atoms with Gasteiger partial charge in [-0.25, -0.2) is 9.59 Å². The van der Waals surface area contributed by atoms with Gasteiger partial charge in [0.05, 0.1) is 34.2 Å². The first-order valence-electron chi connectivity index (χ1n) is 10.6. The summed E-state index contributed by atoms with van der Waals surface area (Å²) in [5.41, 5.74) is 2.70. The lowest BCUT2D eigenvalue weighted by Crippen LogP contribution is -2.21. The minimum absolute atomic E-state index is 0.125. The Kier molecular flexibility index (Phi) is 6.14. The van der Waals surface area contributed by atoms with Crippen molar-refractivity contribution >= 4 is 35.3 Å². The Hall–Kier alpha value is -4.46. The summed E-state index contributed by atoms with van der Waals surface area (Å²) in [7, 11) is 0. The summed E-state index contributed by atoms with van der Waals surface area (Å²) < 4.78 is 11.1. The number of esters is 1. The van der Waals surface area contributed by atoms with Crippen LogP contribution in [0.25, 0.3) is 17.4 Å². The lowest BCUT2D eigenvalue weighted by Gasteiger charge is -2.11. The molecule has 0 unspecified atom stereocenters. The van der Waals surface area contributed by atoms with E-state index in [2.05, 4.69) is 5.10 Å². The normalized spacial score (nSPS) is 14.6. The molecule has 1 aliphatic rings. The van der Waals surface area contributed by atoms with E-state index in [9.17, 15) is 14.4 Å². The van der Waals surface area contributed by atoms with Crippen LogP contribution in [0, 0.1) is 0 Å². The van der Waals surface area contributed by atoms with Crippen LogP contribution in [0.2, 0.25) is 0 Å². The smallest absolute Gasteiger partial charge is 0.338 e. The van der Waals surface area contributed by atoms with Crippen molar-refractivity contribution < 1.29 is 28.6 Å². The number of benzene rings is 2. The van der Waals surface area contributed by atoms with E-state index in [1.54, 1.807) is 63.2 Å². The summed E-state index contributed by atoms with van der Waals surface area (Å²) >= 11 is 0. The SMILES string of the molecule is CC1=NN(c2ccc(C(=O)O)cc2)C(=O)/C1=C\c1ccc(-c2ccc(C(=O)OC(C)C)cc2)o1. The van der Waals surface area contributed by atoms with Crippen LogP contribution >= 0.6 is 0 Å². The number of anilines is 1. The van der Waals surface area contributed by atoms with Gasteiger partial charge in [-0.1, -0.05) is 12.1 Å². The van der Waals surface area contributed by atoms with Gasteiger partial charge in [-0.05, 0) is 75.4 Å². The monoisotopic (exact) mass is 458 g/mol. The van der Waals surface area contributed by atoms with E-state index in [0.717, 1.165) is 5.56 Å². The maximum Gasteiger partial charge on any atom is 0.338 e. The van der Waals surface area contributed by atoms with Crippen molar-refractivity contribution in [1.29, 1.82) is 0 Å². The molecule has 0 atom stereocenters. The predicted octanol–water partition coefficient (Wildman–Crippen LogP) is 5.02. The fourth-order valence-corrected chi connectivity index (χ4v) is 3.39. The Balaban J connectivity index is 1.52. The Labute approximate surface area is 195 Å². The largest absolute Gasteiger partial charge is 0.478 e. The van der Waals surface area contributed by atoms with Gasteiger partial charge in [0.2, 0.25) is 0 Å². The third-order valence-corrected chi connectivity index (χ3v) is 5.08. The van der Waals surface area contributed by atoms with Crippen molar-refractivity contribution in [2.45, 2.75) is 26.9 Å². The molecule has 0 aliphatic carbocycles. The molecule has 2 aromatic carbocycles. The van der Waals surface area contributed by atoms with Crippen molar-refractivity contribution in [3.63, 3.8) is 0 Å². The minimum Gasteiger partial charge on any atom is -0.478 e. The fraction of sp³-hybridized carbons (Fsp3) is 0.154. The highest BCUT2D eigenvalue weighted by Crippen LogP contribution is 2.28. The molecule has 8 heteroatoms. The Morgan fingerprint density at radius 1 is 1.00 bits per heavy atom. The number of carbonyl (C=O) groups is 3. The van der Waals surface area contributed by atoms with Crippen LogP contribution in [0.3, 0.4) is 0 Å². The molecule has 1 aromatic heterocycles. The number of hydrogen-bond donors (Lipinski definition) is 1. The van der Waals surface area contributed by atoms with Crippen molar-refractivity contribution in [3.8, 4) is 11.3 Å². The second-order valence-corrected chi connectivity index (χ2v) is 7.95. The number of furan rings is 1. The summed E-state index contributed by atoms with van der Waals surface area (Å²) in [5.74, 6) is -0.719. The number of carboxylic acids is 1. The molecular formula is C26H22N2O6. The summed E-state index contributed by atoms with van der Waals surface area (Å²) in [6, 6.07) is 16.3. The number of carbonyl (C=O) groups excluding carboxylic acids is 2. The summed E-state index contributed by atoms with van der Waals surface area (Å²) in [6.07, 6.45) is 1.42. The van der Waals surface area contributed by atoms with Gasteiger partial charge in [0.15, 0.2) is 0 Å². The predicted molar refractivity (Wildman–Crippen MR) is 127 cm³/mol. The van der Waals surface area contributed by atoms with Crippen molar-refractivity contribution in [2.24, 2.45) is 5.10 Å². The number of hydrazone groups is 1. The molecule has 1 aliphatic heterocycles. The first-order valence-corrected chi connectivity index (χ1v) is 10.6. The Morgan fingerprint density at radius 3 is 2.26 bits per heavy atom. The molecule has 3 aromatic rings. The van der Waals surface area contributed by atoms with Gasteiger partial charge < -0.3 is 14.3 Å². The lowest BCUT2D eigenvalue weighted by molar-refractivity contribution is -0.114.